The van der Waals surface area contributed by atoms with Crippen LogP contribution in [-0.4, -0.2) is 20.3 Å². The number of nitro groups is 1. The Morgan fingerprint density at radius 1 is 1.00 bits per heavy atom. The smallest absolute Gasteiger partial charge is 0.262 e. The summed E-state index contributed by atoms with van der Waals surface area (Å²) in [5.74, 6) is 0. The van der Waals surface area contributed by atoms with Gasteiger partial charge in [-0.25, -0.2) is 9.67 Å². The van der Waals surface area contributed by atoms with Gasteiger partial charge >= 0.3 is 0 Å². The zero-order valence-electron chi connectivity index (χ0n) is 19.9. The van der Waals surface area contributed by atoms with E-state index < -0.39 is 4.92 Å². The maximum absolute atomic E-state index is 11.4. The third kappa shape index (κ3) is 4.39. The van der Waals surface area contributed by atoms with Crippen molar-refractivity contribution in [3.05, 3.63) is 128 Å². The van der Waals surface area contributed by atoms with Crippen molar-refractivity contribution in [1.29, 1.82) is 0 Å². The lowest BCUT2D eigenvalue weighted by molar-refractivity contribution is -0.384. The quantitative estimate of drug-likeness (QED) is 0.151. The molecule has 6 rings (SSSR count). The molecule has 2 aromatic heterocycles. The molecular formula is C29H21N5O2S. The Hall–Kier alpha value is -4.69. The molecule has 1 aliphatic rings. The van der Waals surface area contributed by atoms with Crippen LogP contribution < -0.4 is 4.80 Å². The number of hydrogen-bond donors (Lipinski definition) is 0. The van der Waals surface area contributed by atoms with Gasteiger partial charge in [-0.15, -0.1) is 11.3 Å². The molecule has 0 amide bonds. The SMILES string of the molecule is CC(=Nn1c(-c2cccc([N+](=O)[O-])c2)csc1=Nc1cccnc1)c1ccc2c(c1)Cc1ccccc1-2. The van der Waals surface area contributed by atoms with E-state index in [4.69, 9.17) is 10.1 Å². The van der Waals surface area contributed by atoms with Crippen molar-refractivity contribution in [3.8, 4) is 22.4 Å². The fourth-order valence-electron chi connectivity index (χ4n) is 4.56. The third-order valence-corrected chi connectivity index (χ3v) is 7.19. The number of fused-ring (bicyclic) bond motifs is 3. The van der Waals surface area contributed by atoms with Crippen molar-refractivity contribution >= 4 is 28.4 Å². The highest BCUT2D eigenvalue weighted by molar-refractivity contribution is 7.07. The Morgan fingerprint density at radius 3 is 2.70 bits per heavy atom. The van der Waals surface area contributed by atoms with E-state index in [9.17, 15) is 10.1 Å². The topological polar surface area (TPSA) is 85.7 Å². The minimum atomic E-state index is -0.391. The van der Waals surface area contributed by atoms with E-state index in [0.29, 0.717) is 16.1 Å². The Morgan fingerprint density at radius 2 is 1.86 bits per heavy atom. The zero-order valence-corrected chi connectivity index (χ0v) is 20.7. The van der Waals surface area contributed by atoms with Crippen molar-refractivity contribution in [1.82, 2.24) is 9.66 Å². The van der Waals surface area contributed by atoms with E-state index >= 15 is 0 Å². The highest BCUT2D eigenvalue weighted by Gasteiger charge is 2.19. The predicted molar refractivity (Wildman–Crippen MR) is 146 cm³/mol. The largest absolute Gasteiger partial charge is 0.270 e. The Bertz CT molecular complexity index is 1750. The van der Waals surface area contributed by atoms with Crippen LogP contribution in [0.5, 0.6) is 0 Å². The lowest BCUT2D eigenvalue weighted by atomic mass is 10.0. The van der Waals surface area contributed by atoms with Gasteiger partial charge in [-0.3, -0.25) is 15.1 Å². The molecule has 0 fully saturated rings. The van der Waals surface area contributed by atoms with Crippen LogP contribution in [0.15, 0.2) is 107 Å². The molecule has 0 radical (unpaired) electrons. The van der Waals surface area contributed by atoms with Crippen molar-refractivity contribution in [2.24, 2.45) is 10.1 Å². The Balaban J connectivity index is 1.47. The van der Waals surface area contributed by atoms with E-state index in [2.05, 4.69) is 47.4 Å². The van der Waals surface area contributed by atoms with Crippen molar-refractivity contribution in [3.63, 3.8) is 0 Å². The zero-order chi connectivity index (χ0) is 25.4. The molecule has 0 unspecified atom stereocenters. The summed E-state index contributed by atoms with van der Waals surface area (Å²) in [7, 11) is 0. The second-order valence-corrected chi connectivity index (χ2v) is 9.57. The highest BCUT2D eigenvalue weighted by atomic mass is 32.1. The van der Waals surface area contributed by atoms with E-state index in [-0.39, 0.29) is 5.69 Å². The number of pyridine rings is 1. The second-order valence-electron chi connectivity index (χ2n) is 8.74. The van der Waals surface area contributed by atoms with Gasteiger partial charge in [0.2, 0.25) is 4.80 Å². The molecule has 37 heavy (non-hydrogen) atoms. The van der Waals surface area contributed by atoms with E-state index in [1.165, 1.54) is 39.7 Å². The standard InChI is InChI=1S/C29H21N5O2S/c1-19(20-11-12-27-23(14-20)15-21-6-2-3-10-26(21)27)32-33-28(22-7-4-9-25(16-22)34(35)36)18-37-29(33)31-24-8-5-13-30-17-24/h2-14,16-18H,15H2,1H3. The number of hydrogen-bond acceptors (Lipinski definition) is 6. The summed E-state index contributed by atoms with van der Waals surface area (Å²) >= 11 is 1.42. The third-order valence-electron chi connectivity index (χ3n) is 6.37. The lowest BCUT2D eigenvalue weighted by Gasteiger charge is -2.08. The van der Waals surface area contributed by atoms with Gasteiger partial charge in [0, 0.05) is 29.3 Å². The van der Waals surface area contributed by atoms with Crippen LogP contribution >= 0.6 is 11.3 Å². The molecule has 0 saturated heterocycles. The summed E-state index contributed by atoms with van der Waals surface area (Å²) in [6, 6.07) is 25.2. The molecule has 0 aliphatic heterocycles. The first-order valence-electron chi connectivity index (χ1n) is 11.7. The number of benzene rings is 3. The van der Waals surface area contributed by atoms with Crippen molar-refractivity contribution in [2.75, 3.05) is 0 Å². The van der Waals surface area contributed by atoms with E-state index in [1.807, 2.05) is 30.5 Å². The summed E-state index contributed by atoms with van der Waals surface area (Å²) in [6.45, 7) is 1.97. The van der Waals surface area contributed by atoms with Crippen LogP contribution in [0.4, 0.5) is 11.4 Å². The average molecular weight is 504 g/mol. The molecular weight excluding hydrogens is 482 g/mol. The molecule has 0 saturated carbocycles. The molecule has 0 spiro atoms. The molecule has 0 N–H and O–H groups in total. The fourth-order valence-corrected chi connectivity index (χ4v) is 5.41. The second kappa shape index (κ2) is 9.40. The molecule has 7 nitrogen and oxygen atoms in total. The lowest BCUT2D eigenvalue weighted by Crippen LogP contribution is -2.14. The normalized spacial score (nSPS) is 12.9. The summed E-state index contributed by atoms with van der Waals surface area (Å²) in [4.78, 5) is 20.6. The number of rotatable bonds is 5. The summed E-state index contributed by atoms with van der Waals surface area (Å²) in [5.41, 5.74) is 9.15. The Kier molecular flexibility index (Phi) is 5.78. The Labute approximate surface area is 216 Å². The molecule has 0 atom stereocenters. The first-order valence-corrected chi connectivity index (χ1v) is 12.6. The van der Waals surface area contributed by atoms with E-state index in [1.54, 1.807) is 29.2 Å². The summed E-state index contributed by atoms with van der Waals surface area (Å²) < 4.78 is 1.76. The van der Waals surface area contributed by atoms with Crippen molar-refractivity contribution < 1.29 is 4.92 Å². The monoisotopic (exact) mass is 503 g/mol. The van der Waals surface area contributed by atoms with Gasteiger partial charge in [0.15, 0.2) is 0 Å². The van der Waals surface area contributed by atoms with Crippen LogP contribution in [0.1, 0.15) is 23.6 Å². The maximum atomic E-state index is 11.4. The minimum Gasteiger partial charge on any atom is -0.262 e. The van der Waals surface area contributed by atoms with Gasteiger partial charge in [-0.1, -0.05) is 48.5 Å². The molecule has 2 heterocycles. The molecule has 180 valence electrons. The molecule has 1 aliphatic carbocycles. The van der Waals surface area contributed by atoms with Gasteiger partial charge in [-0.2, -0.15) is 5.10 Å². The van der Waals surface area contributed by atoms with Gasteiger partial charge in [0.1, 0.15) is 0 Å². The van der Waals surface area contributed by atoms with Crippen LogP contribution in [0, 0.1) is 10.1 Å². The van der Waals surface area contributed by atoms with Crippen molar-refractivity contribution in [2.45, 2.75) is 13.3 Å². The van der Waals surface area contributed by atoms with Crippen LogP contribution in [-0.2, 0) is 6.42 Å². The van der Waals surface area contributed by atoms with E-state index in [0.717, 1.165) is 23.4 Å². The first kappa shape index (κ1) is 22.8. The van der Waals surface area contributed by atoms with Gasteiger partial charge in [0.05, 0.1) is 28.2 Å². The highest BCUT2D eigenvalue weighted by Crippen LogP contribution is 2.36. The fraction of sp³-hybridized carbons (Fsp3) is 0.0690. The molecule has 0 bridgehead atoms. The number of non-ortho nitro benzene ring substituents is 1. The number of nitro benzene ring substituents is 1. The molecule has 8 heteroatoms. The van der Waals surface area contributed by atoms with Crippen LogP contribution in [0.2, 0.25) is 0 Å². The number of thiazole rings is 1. The van der Waals surface area contributed by atoms with Gasteiger partial charge in [0.25, 0.3) is 5.69 Å². The first-order chi connectivity index (χ1) is 18.1. The maximum Gasteiger partial charge on any atom is 0.270 e. The van der Waals surface area contributed by atoms with Gasteiger partial charge in [-0.05, 0) is 59.4 Å². The molecule has 3 aromatic carbocycles. The number of nitrogens with zero attached hydrogens (tertiary/aromatic N) is 5. The minimum absolute atomic E-state index is 0.0277. The predicted octanol–water partition coefficient (Wildman–Crippen LogP) is 6.60. The molecule has 5 aromatic rings. The average Bonchev–Trinajstić information content (AvgIpc) is 3.49. The van der Waals surface area contributed by atoms with Gasteiger partial charge < -0.3 is 0 Å². The summed E-state index contributed by atoms with van der Waals surface area (Å²) in [5, 5.41) is 18.3. The van der Waals surface area contributed by atoms with Crippen LogP contribution in [0.3, 0.4) is 0 Å². The number of aromatic nitrogens is 2. The van der Waals surface area contributed by atoms with Crippen LogP contribution in [0.25, 0.3) is 22.4 Å². The summed E-state index contributed by atoms with van der Waals surface area (Å²) in [6.07, 6.45) is 4.29.